The minimum Gasteiger partial charge on any atom is -0.350 e. The molecule has 0 heterocycles. The van der Waals surface area contributed by atoms with E-state index < -0.39 is 12.1 Å². The minimum atomic E-state index is -4.44. The van der Waals surface area contributed by atoms with Crippen molar-refractivity contribution in [1.82, 2.24) is 5.32 Å². The lowest BCUT2D eigenvalue weighted by Gasteiger charge is -2.19. The summed E-state index contributed by atoms with van der Waals surface area (Å²) >= 11 is 6.10. The van der Waals surface area contributed by atoms with Gasteiger partial charge in [0, 0.05) is 16.6 Å². The fourth-order valence-electron chi connectivity index (χ4n) is 3.16. The molecular formula is C23H25ClF3NO. The molecule has 1 unspecified atom stereocenters. The highest BCUT2D eigenvalue weighted by Crippen LogP contribution is 2.38. The van der Waals surface area contributed by atoms with Gasteiger partial charge in [0.25, 0.3) is 5.91 Å². The van der Waals surface area contributed by atoms with Gasteiger partial charge in [0.05, 0.1) is 5.92 Å². The first kappa shape index (κ1) is 23.0. The molecule has 6 heteroatoms. The van der Waals surface area contributed by atoms with Crippen LogP contribution in [-0.4, -0.2) is 18.1 Å². The maximum atomic E-state index is 13.7. The number of aryl methyl sites for hydroxylation is 3. The molecule has 0 fully saturated rings. The Morgan fingerprint density at radius 3 is 2.10 bits per heavy atom. The molecule has 0 bridgehead atoms. The smallest absolute Gasteiger partial charge is 0.350 e. The summed E-state index contributed by atoms with van der Waals surface area (Å²) in [7, 11) is 0. The second-order valence-corrected chi connectivity index (χ2v) is 7.93. The van der Waals surface area contributed by atoms with E-state index in [0.29, 0.717) is 32.8 Å². The number of nitrogens with one attached hydrogen (secondary N) is 1. The molecule has 0 aliphatic heterocycles. The average molecular weight is 424 g/mol. The zero-order valence-electron chi connectivity index (χ0n) is 17.1. The molecule has 1 N–H and O–H groups in total. The lowest BCUT2D eigenvalue weighted by molar-refractivity contribution is -0.139. The van der Waals surface area contributed by atoms with Crippen molar-refractivity contribution in [1.29, 1.82) is 0 Å². The van der Waals surface area contributed by atoms with Crippen LogP contribution >= 0.6 is 11.6 Å². The zero-order chi connectivity index (χ0) is 21.9. The molecule has 1 amide bonds. The van der Waals surface area contributed by atoms with Gasteiger partial charge in [-0.05, 0) is 68.5 Å². The van der Waals surface area contributed by atoms with Gasteiger partial charge in [-0.25, -0.2) is 0 Å². The van der Waals surface area contributed by atoms with Crippen LogP contribution < -0.4 is 5.32 Å². The Morgan fingerprint density at radius 1 is 1.03 bits per heavy atom. The molecule has 156 valence electrons. The predicted molar refractivity (Wildman–Crippen MR) is 113 cm³/mol. The Bertz CT molecular complexity index is 909. The lowest BCUT2D eigenvalue weighted by Crippen LogP contribution is -2.30. The molecule has 2 aromatic carbocycles. The molecule has 0 saturated carbocycles. The molecule has 0 aliphatic rings. The summed E-state index contributed by atoms with van der Waals surface area (Å²) in [5.41, 5.74) is 3.18. The first-order chi connectivity index (χ1) is 13.4. The van der Waals surface area contributed by atoms with Crippen LogP contribution in [0.4, 0.5) is 13.2 Å². The van der Waals surface area contributed by atoms with E-state index >= 15 is 0 Å². The van der Waals surface area contributed by atoms with Gasteiger partial charge in [0.2, 0.25) is 0 Å². The summed E-state index contributed by atoms with van der Waals surface area (Å²) in [6.07, 6.45) is -1.85. The summed E-state index contributed by atoms with van der Waals surface area (Å²) in [6.45, 7) is 8.88. The number of hydrogen-bond donors (Lipinski definition) is 1. The van der Waals surface area contributed by atoms with Gasteiger partial charge in [0.1, 0.15) is 0 Å². The normalized spacial score (nSPS) is 13.2. The van der Waals surface area contributed by atoms with Crippen molar-refractivity contribution in [2.75, 3.05) is 0 Å². The van der Waals surface area contributed by atoms with Crippen molar-refractivity contribution >= 4 is 23.6 Å². The van der Waals surface area contributed by atoms with Crippen molar-refractivity contribution < 1.29 is 18.0 Å². The van der Waals surface area contributed by atoms with Crippen LogP contribution in [0.3, 0.4) is 0 Å². The number of halogens is 4. The third-order valence-corrected chi connectivity index (χ3v) is 5.16. The van der Waals surface area contributed by atoms with Gasteiger partial charge < -0.3 is 5.32 Å². The van der Waals surface area contributed by atoms with E-state index in [1.807, 2.05) is 13.8 Å². The Kier molecular flexibility index (Phi) is 7.17. The molecule has 29 heavy (non-hydrogen) atoms. The van der Waals surface area contributed by atoms with Crippen LogP contribution in [0.5, 0.6) is 0 Å². The standard InChI is InChI=1S/C23H25ClF3NO/c1-13(2)28-22(29)19-8-6-17(10-14(19)3)7-9-20(23(25,26)27)18-11-15(4)21(24)16(5)12-18/h6-13,20H,1-5H3,(H,28,29)/b9-7+. The van der Waals surface area contributed by atoms with Crippen molar-refractivity contribution in [3.8, 4) is 0 Å². The summed E-state index contributed by atoms with van der Waals surface area (Å²) < 4.78 is 41.1. The monoisotopic (exact) mass is 423 g/mol. The first-order valence-corrected chi connectivity index (χ1v) is 9.71. The molecule has 1 atom stereocenters. The van der Waals surface area contributed by atoms with Crippen LogP contribution in [0.15, 0.2) is 36.4 Å². The fourth-order valence-corrected chi connectivity index (χ4v) is 3.27. The number of carbonyl (C=O) groups excluding carboxylic acids is 1. The zero-order valence-corrected chi connectivity index (χ0v) is 17.9. The molecule has 0 spiro atoms. The number of benzene rings is 2. The van der Waals surface area contributed by atoms with E-state index in [4.69, 9.17) is 11.6 Å². The third-order valence-electron chi connectivity index (χ3n) is 4.57. The fraction of sp³-hybridized carbons (Fsp3) is 0.348. The second-order valence-electron chi connectivity index (χ2n) is 7.55. The van der Waals surface area contributed by atoms with Crippen LogP contribution in [0.2, 0.25) is 5.02 Å². The Hall–Kier alpha value is -2.27. The summed E-state index contributed by atoms with van der Waals surface area (Å²) in [4.78, 5) is 12.2. The van der Waals surface area contributed by atoms with E-state index in [1.165, 1.54) is 18.2 Å². The first-order valence-electron chi connectivity index (χ1n) is 9.33. The lowest BCUT2D eigenvalue weighted by atomic mass is 9.93. The number of carbonyl (C=O) groups is 1. The maximum Gasteiger partial charge on any atom is 0.399 e. The van der Waals surface area contributed by atoms with Crippen LogP contribution in [-0.2, 0) is 0 Å². The van der Waals surface area contributed by atoms with E-state index in [-0.39, 0.29) is 17.5 Å². The third kappa shape index (κ3) is 5.86. The van der Waals surface area contributed by atoms with Gasteiger partial charge in [-0.2, -0.15) is 13.2 Å². The summed E-state index contributed by atoms with van der Waals surface area (Å²) in [5, 5.41) is 3.29. The van der Waals surface area contributed by atoms with Crippen LogP contribution in [0.1, 0.15) is 57.9 Å². The van der Waals surface area contributed by atoms with Gasteiger partial charge in [-0.3, -0.25) is 4.79 Å². The predicted octanol–water partition coefficient (Wildman–Crippen LogP) is 6.76. The molecular weight excluding hydrogens is 399 g/mol. The number of rotatable bonds is 5. The van der Waals surface area contributed by atoms with Gasteiger partial charge in [0.15, 0.2) is 0 Å². The van der Waals surface area contributed by atoms with Gasteiger partial charge >= 0.3 is 6.18 Å². The Morgan fingerprint density at radius 2 is 1.62 bits per heavy atom. The highest BCUT2D eigenvalue weighted by atomic mass is 35.5. The summed E-state index contributed by atoms with van der Waals surface area (Å²) in [5.74, 6) is -1.95. The second kappa shape index (κ2) is 9.04. The Balaban J connectivity index is 2.35. The maximum absolute atomic E-state index is 13.7. The Labute approximate surface area is 174 Å². The van der Waals surface area contributed by atoms with Crippen molar-refractivity contribution in [2.45, 2.75) is 52.8 Å². The number of hydrogen-bond acceptors (Lipinski definition) is 1. The van der Waals surface area contributed by atoms with Crippen LogP contribution in [0.25, 0.3) is 6.08 Å². The number of amides is 1. The topological polar surface area (TPSA) is 29.1 Å². The van der Waals surface area contributed by atoms with Crippen molar-refractivity contribution in [3.05, 3.63) is 74.8 Å². The average Bonchev–Trinajstić information content (AvgIpc) is 2.57. The van der Waals surface area contributed by atoms with E-state index in [1.54, 1.807) is 39.0 Å². The van der Waals surface area contributed by atoms with Gasteiger partial charge in [-0.1, -0.05) is 48.0 Å². The van der Waals surface area contributed by atoms with E-state index in [2.05, 4.69) is 5.32 Å². The number of alkyl halides is 3. The molecule has 0 aromatic heterocycles. The number of allylic oxidation sites excluding steroid dienone is 1. The SMILES string of the molecule is Cc1cc(/C=C/C(c2cc(C)c(Cl)c(C)c2)C(F)(F)F)ccc1C(=O)NC(C)C. The highest BCUT2D eigenvalue weighted by molar-refractivity contribution is 6.32. The van der Waals surface area contributed by atoms with Crippen molar-refractivity contribution in [3.63, 3.8) is 0 Å². The molecule has 2 rings (SSSR count). The van der Waals surface area contributed by atoms with Crippen LogP contribution in [0, 0.1) is 20.8 Å². The van der Waals surface area contributed by atoms with Gasteiger partial charge in [-0.15, -0.1) is 0 Å². The summed E-state index contributed by atoms with van der Waals surface area (Å²) in [6, 6.07) is 7.93. The molecule has 2 aromatic rings. The van der Waals surface area contributed by atoms with E-state index in [0.717, 1.165) is 6.08 Å². The molecule has 0 saturated heterocycles. The van der Waals surface area contributed by atoms with E-state index in [9.17, 15) is 18.0 Å². The molecule has 0 aliphatic carbocycles. The minimum absolute atomic E-state index is 0.000283. The quantitative estimate of drug-likeness (QED) is 0.565. The largest absolute Gasteiger partial charge is 0.399 e. The molecule has 0 radical (unpaired) electrons. The van der Waals surface area contributed by atoms with Crippen molar-refractivity contribution in [2.24, 2.45) is 0 Å². The highest BCUT2D eigenvalue weighted by Gasteiger charge is 2.39. The molecule has 2 nitrogen and oxygen atoms in total.